The molecule has 1 heterocycles. The monoisotopic (exact) mass is 406 g/mol. The van der Waals surface area contributed by atoms with Crippen LogP contribution in [0.4, 0.5) is 11.4 Å². The molecule has 0 aliphatic heterocycles. The molecule has 0 fully saturated rings. The summed E-state index contributed by atoms with van der Waals surface area (Å²) >= 11 is 5.99. The molecule has 3 aromatic carbocycles. The molecule has 7 nitrogen and oxygen atoms in total. The Morgan fingerprint density at radius 1 is 1.03 bits per heavy atom. The highest BCUT2D eigenvalue weighted by Crippen LogP contribution is 2.26. The van der Waals surface area contributed by atoms with Gasteiger partial charge in [0.1, 0.15) is 12.4 Å². The summed E-state index contributed by atoms with van der Waals surface area (Å²) in [6, 6.07) is 20.5. The van der Waals surface area contributed by atoms with E-state index in [1.165, 1.54) is 24.3 Å². The lowest BCUT2D eigenvalue weighted by atomic mass is 10.2. The minimum Gasteiger partial charge on any atom is -0.325 e. The van der Waals surface area contributed by atoms with Crippen molar-refractivity contribution in [3.8, 4) is 11.4 Å². The summed E-state index contributed by atoms with van der Waals surface area (Å²) in [4.78, 5) is 27.6. The Bertz CT molecular complexity index is 1200. The second-order valence-corrected chi connectivity index (χ2v) is 6.81. The van der Waals surface area contributed by atoms with Crippen LogP contribution in [0, 0.1) is 10.1 Å². The van der Waals surface area contributed by atoms with E-state index in [0.29, 0.717) is 16.5 Å². The van der Waals surface area contributed by atoms with E-state index >= 15 is 0 Å². The maximum absolute atomic E-state index is 12.7. The van der Waals surface area contributed by atoms with Crippen molar-refractivity contribution in [1.29, 1.82) is 0 Å². The maximum Gasteiger partial charge on any atom is 0.269 e. The third kappa shape index (κ3) is 3.95. The molecule has 0 saturated carbocycles. The lowest BCUT2D eigenvalue weighted by Gasteiger charge is -2.10. The van der Waals surface area contributed by atoms with Crippen molar-refractivity contribution < 1.29 is 9.72 Å². The van der Waals surface area contributed by atoms with Gasteiger partial charge in [0.2, 0.25) is 5.91 Å². The van der Waals surface area contributed by atoms with E-state index in [0.717, 1.165) is 16.6 Å². The summed E-state index contributed by atoms with van der Waals surface area (Å²) in [5, 5.41) is 14.1. The summed E-state index contributed by atoms with van der Waals surface area (Å²) in [6.45, 7) is 0.0372. The number of para-hydroxylation sites is 2. The quantitative estimate of drug-likeness (QED) is 0.377. The number of non-ortho nitro benzene ring substituents is 1. The summed E-state index contributed by atoms with van der Waals surface area (Å²) in [5.41, 5.74) is 2.90. The number of fused-ring (bicyclic) bond motifs is 1. The van der Waals surface area contributed by atoms with Gasteiger partial charge >= 0.3 is 0 Å². The number of nitrogens with one attached hydrogen (secondary N) is 1. The highest BCUT2D eigenvalue weighted by Gasteiger charge is 2.15. The zero-order chi connectivity index (χ0) is 20.4. The van der Waals surface area contributed by atoms with E-state index in [1.54, 1.807) is 12.1 Å². The smallest absolute Gasteiger partial charge is 0.269 e. The Labute approximate surface area is 170 Å². The van der Waals surface area contributed by atoms with E-state index in [9.17, 15) is 14.9 Å². The molecule has 0 atom stereocenters. The van der Waals surface area contributed by atoms with Crippen molar-refractivity contribution in [2.75, 3.05) is 5.32 Å². The van der Waals surface area contributed by atoms with Crippen LogP contribution in [0.2, 0.25) is 5.02 Å². The van der Waals surface area contributed by atoms with Crippen molar-refractivity contribution in [3.63, 3.8) is 0 Å². The molecule has 4 rings (SSSR count). The minimum absolute atomic E-state index is 0.0337. The Morgan fingerprint density at radius 3 is 2.41 bits per heavy atom. The summed E-state index contributed by atoms with van der Waals surface area (Å²) < 4.78 is 1.83. The van der Waals surface area contributed by atoms with Crippen LogP contribution in [0.5, 0.6) is 0 Å². The lowest BCUT2D eigenvalue weighted by Crippen LogP contribution is -2.19. The van der Waals surface area contributed by atoms with Crippen LogP contribution in [0.1, 0.15) is 0 Å². The number of rotatable bonds is 5. The van der Waals surface area contributed by atoms with Gasteiger partial charge in [-0.05, 0) is 48.5 Å². The van der Waals surface area contributed by atoms with Crippen molar-refractivity contribution in [1.82, 2.24) is 9.55 Å². The number of amides is 1. The van der Waals surface area contributed by atoms with Crippen LogP contribution in [-0.2, 0) is 11.3 Å². The molecule has 8 heteroatoms. The van der Waals surface area contributed by atoms with Gasteiger partial charge in [-0.15, -0.1) is 0 Å². The second kappa shape index (κ2) is 7.73. The molecule has 0 unspecified atom stereocenters. The zero-order valence-corrected chi connectivity index (χ0v) is 15.8. The average Bonchev–Trinajstić information content (AvgIpc) is 3.07. The van der Waals surface area contributed by atoms with Gasteiger partial charge in [0, 0.05) is 28.4 Å². The number of aromatic nitrogens is 2. The van der Waals surface area contributed by atoms with Gasteiger partial charge in [-0.1, -0.05) is 23.7 Å². The van der Waals surface area contributed by atoms with Crippen molar-refractivity contribution in [3.05, 3.63) is 87.9 Å². The largest absolute Gasteiger partial charge is 0.325 e. The topological polar surface area (TPSA) is 90.1 Å². The number of imidazole rings is 1. The third-order valence-electron chi connectivity index (χ3n) is 4.42. The molecule has 1 N–H and O–H groups in total. The molecule has 0 bridgehead atoms. The van der Waals surface area contributed by atoms with Crippen molar-refractivity contribution in [2.45, 2.75) is 6.54 Å². The fourth-order valence-corrected chi connectivity index (χ4v) is 3.19. The number of carbonyl (C=O) groups is 1. The van der Waals surface area contributed by atoms with Crippen molar-refractivity contribution >= 4 is 39.9 Å². The van der Waals surface area contributed by atoms with E-state index < -0.39 is 4.92 Å². The first kappa shape index (κ1) is 18.6. The van der Waals surface area contributed by atoms with E-state index in [1.807, 2.05) is 41.0 Å². The molecule has 0 radical (unpaired) electrons. The number of carbonyl (C=O) groups excluding carboxylic acids is 1. The molecule has 0 aliphatic rings. The molecule has 1 amide bonds. The SMILES string of the molecule is O=C(Cn1c(-c2ccc(Cl)cc2)nc2ccccc21)Nc1ccc([N+](=O)[O-])cc1. The highest BCUT2D eigenvalue weighted by molar-refractivity contribution is 6.30. The number of halogens is 1. The van der Waals surface area contributed by atoms with Gasteiger partial charge in [0.05, 0.1) is 16.0 Å². The van der Waals surface area contributed by atoms with Gasteiger partial charge in [-0.2, -0.15) is 0 Å². The molecule has 0 aliphatic carbocycles. The number of hydrogen-bond acceptors (Lipinski definition) is 4. The number of nitrogens with zero attached hydrogens (tertiary/aromatic N) is 3. The third-order valence-corrected chi connectivity index (χ3v) is 4.67. The van der Waals surface area contributed by atoms with Crippen LogP contribution in [-0.4, -0.2) is 20.4 Å². The Balaban J connectivity index is 1.64. The molecule has 1 aromatic heterocycles. The highest BCUT2D eigenvalue weighted by atomic mass is 35.5. The number of anilines is 1. The Kier molecular flexibility index (Phi) is 4.97. The fraction of sp³-hybridized carbons (Fsp3) is 0.0476. The number of hydrogen-bond donors (Lipinski definition) is 1. The standard InChI is InChI=1S/C21H15ClN4O3/c22-15-7-5-14(6-8-15)21-24-18-3-1-2-4-19(18)25(21)13-20(27)23-16-9-11-17(12-10-16)26(28)29/h1-12H,13H2,(H,23,27). The minimum atomic E-state index is -0.485. The number of nitro groups is 1. The van der Waals surface area contributed by atoms with Gasteiger partial charge in [0.25, 0.3) is 5.69 Å². The molecule has 4 aromatic rings. The van der Waals surface area contributed by atoms with Crippen LogP contribution in [0.3, 0.4) is 0 Å². The first-order valence-electron chi connectivity index (χ1n) is 8.77. The average molecular weight is 407 g/mol. The fourth-order valence-electron chi connectivity index (χ4n) is 3.07. The molecule has 144 valence electrons. The Hall–Kier alpha value is -3.71. The summed E-state index contributed by atoms with van der Waals surface area (Å²) in [7, 11) is 0. The van der Waals surface area contributed by atoms with Crippen LogP contribution >= 0.6 is 11.6 Å². The normalized spacial score (nSPS) is 10.8. The molecule has 0 saturated heterocycles. The first-order valence-corrected chi connectivity index (χ1v) is 9.14. The maximum atomic E-state index is 12.7. The second-order valence-electron chi connectivity index (χ2n) is 6.37. The zero-order valence-electron chi connectivity index (χ0n) is 15.1. The molecular weight excluding hydrogens is 392 g/mol. The van der Waals surface area contributed by atoms with Gasteiger partial charge in [-0.25, -0.2) is 4.98 Å². The summed E-state index contributed by atoms with van der Waals surface area (Å²) in [5.74, 6) is 0.388. The van der Waals surface area contributed by atoms with Gasteiger partial charge in [-0.3, -0.25) is 14.9 Å². The molecule has 29 heavy (non-hydrogen) atoms. The predicted octanol–water partition coefficient (Wildman–Crippen LogP) is 4.90. The summed E-state index contributed by atoms with van der Waals surface area (Å²) in [6.07, 6.45) is 0. The Morgan fingerprint density at radius 2 is 1.72 bits per heavy atom. The first-order chi connectivity index (χ1) is 14.0. The number of nitro benzene ring substituents is 1. The van der Waals surface area contributed by atoms with E-state index in [-0.39, 0.29) is 18.1 Å². The van der Waals surface area contributed by atoms with E-state index in [4.69, 9.17) is 11.6 Å². The van der Waals surface area contributed by atoms with E-state index in [2.05, 4.69) is 10.3 Å². The van der Waals surface area contributed by atoms with Gasteiger partial charge < -0.3 is 9.88 Å². The van der Waals surface area contributed by atoms with Crippen LogP contribution < -0.4 is 5.32 Å². The molecular formula is C21H15ClN4O3. The predicted molar refractivity (Wildman–Crippen MR) is 112 cm³/mol. The van der Waals surface area contributed by atoms with Crippen LogP contribution in [0.15, 0.2) is 72.8 Å². The lowest BCUT2D eigenvalue weighted by molar-refractivity contribution is -0.384. The molecule has 0 spiro atoms. The van der Waals surface area contributed by atoms with Crippen molar-refractivity contribution in [2.24, 2.45) is 0 Å². The number of benzene rings is 3. The van der Waals surface area contributed by atoms with Crippen LogP contribution in [0.25, 0.3) is 22.4 Å². The van der Waals surface area contributed by atoms with Gasteiger partial charge in [0.15, 0.2) is 0 Å².